The van der Waals surface area contributed by atoms with Crippen molar-refractivity contribution in [2.24, 2.45) is 0 Å². The zero-order valence-electron chi connectivity index (χ0n) is 10.9. The molecule has 1 fully saturated rings. The molecule has 0 aromatic heterocycles. The highest BCUT2D eigenvalue weighted by Gasteiger charge is 2.37. The SMILES string of the molecule is O=C(O)CC(c1ccccc1C(F)(F)F)N1CCCC1. The van der Waals surface area contributed by atoms with Crippen LogP contribution in [0.4, 0.5) is 13.2 Å². The van der Waals surface area contributed by atoms with E-state index in [9.17, 15) is 18.0 Å². The van der Waals surface area contributed by atoms with Gasteiger partial charge in [0, 0.05) is 6.04 Å². The topological polar surface area (TPSA) is 40.5 Å². The lowest BCUT2D eigenvalue weighted by atomic mass is 9.96. The predicted molar refractivity (Wildman–Crippen MR) is 67.2 cm³/mol. The number of alkyl halides is 3. The molecule has 1 saturated heterocycles. The Hall–Kier alpha value is -1.56. The molecule has 20 heavy (non-hydrogen) atoms. The summed E-state index contributed by atoms with van der Waals surface area (Å²) in [7, 11) is 0. The highest BCUT2D eigenvalue weighted by Crippen LogP contribution is 2.38. The van der Waals surface area contributed by atoms with Gasteiger partial charge in [-0.1, -0.05) is 18.2 Å². The molecule has 1 aliphatic heterocycles. The van der Waals surface area contributed by atoms with E-state index in [1.165, 1.54) is 18.2 Å². The molecule has 0 saturated carbocycles. The molecule has 0 aliphatic carbocycles. The summed E-state index contributed by atoms with van der Waals surface area (Å²) in [5.74, 6) is -1.08. The second-order valence-electron chi connectivity index (χ2n) is 4.94. The molecule has 0 bridgehead atoms. The molecule has 110 valence electrons. The van der Waals surface area contributed by atoms with E-state index in [1.54, 1.807) is 0 Å². The first-order valence-electron chi connectivity index (χ1n) is 6.51. The Balaban J connectivity index is 2.40. The number of carboxylic acids is 1. The van der Waals surface area contributed by atoms with E-state index in [1.807, 2.05) is 4.90 Å². The molecule has 1 aromatic rings. The lowest BCUT2D eigenvalue weighted by Crippen LogP contribution is -2.29. The van der Waals surface area contributed by atoms with Gasteiger partial charge < -0.3 is 5.11 Å². The summed E-state index contributed by atoms with van der Waals surface area (Å²) in [5.41, 5.74) is -0.678. The standard InChI is InChI=1S/C14H16F3NO2/c15-14(16,17)11-6-2-1-5-10(11)12(9-13(19)20)18-7-3-4-8-18/h1-2,5-6,12H,3-4,7-9H2,(H,19,20). The fourth-order valence-electron chi connectivity index (χ4n) is 2.70. The van der Waals surface area contributed by atoms with E-state index in [2.05, 4.69) is 0 Å². The third-order valence-corrected chi connectivity index (χ3v) is 3.57. The Kier molecular flexibility index (Phi) is 4.32. The van der Waals surface area contributed by atoms with Crippen LogP contribution >= 0.6 is 0 Å². The van der Waals surface area contributed by atoms with Gasteiger partial charge in [0.2, 0.25) is 0 Å². The van der Waals surface area contributed by atoms with Gasteiger partial charge in [-0.2, -0.15) is 13.2 Å². The Labute approximate surface area is 115 Å². The fraction of sp³-hybridized carbons (Fsp3) is 0.500. The molecule has 1 aliphatic rings. The lowest BCUT2D eigenvalue weighted by Gasteiger charge is -2.28. The average Bonchev–Trinajstić information content (AvgIpc) is 2.88. The normalized spacial score (nSPS) is 18.1. The summed E-state index contributed by atoms with van der Waals surface area (Å²) >= 11 is 0. The van der Waals surface area contributed by atoms with Crippen LogP contribution in [0.15, 0.2) is 24.3 Å². The molecule has 1 unspecified atom stereocenters. The van der Waals surface area contributed by atoms with Gasteiger partial charge in [-0.15, -0.1) is 0 Å². The molecule has 2 rings (SSSR count). The molecular formula is C14H16F3NO2. The van der Waals surface area contributed by atoms with Crippen LogP contribution in [-0.2, 0) is 11.0 Å². The van der Waals surface area contributed by atoms with Crippen LogP contribution < -0.4 is 0 Å². The molecule has 1 aromatic carbocycles. The van der Waals surface area contributed by atoms with Gasteiger partial charge in [0.05, 0.1) is 12.0 Å². The van der Waals surface area contributed by atoms with Gasteiger partial charge in [-0.25, -0.2) is 0 Å². The molecule has 0 radical (unpaired) electrons. The lowest BCUT2D eigenvalue weighted by molar-refractivity contribution is -0.142. The van der Waals surface area contributed by atoms with Crippen molar-refractivity contribution in [3.05, 3.63) is 35.4 Å². The van der Waals surface area contributed by atoms with Crippen molar-refractivity contribution in [2.75, 3.05) is 13.1 Å². The minimum Gasteiger partial charge on any atom is -0.481 e. The number of likely N-dealkylation sites (tertiary alicyclic amines) is 1. The van der Waals surface area contributed by atoms with Crippen molar-refractivity contribution in [1.29, 1.82) is 0 Å². The molecule has 6 heteroatoms. The van der Waals surface area contributed by atoms with Crippen molar-refractivity contribution >= 4 is 5.97 Å². The van der Waals surface area contributed by atoms with Gasteiger partial charge in [0.1, 0.15) is 0 Å². The number of halogens is 3. The van der Waals surface area contributed by atoms with Gasteiger partial charge in [-0.3, -0.25) is 9.69 Å². The maximum absolute atomic E-state index is 13.1. The van der Waals surface area contributed by atoms with Crippen LogP contribution in [0.25, 0.3) is 0 Å². The number of carbonyl (C=O) groups is 1. The molecule has 1 heterocycles. The summed E-state index contributed by atoms with van der Waals surface area (Å²) in [6, 6.07) is 4.53. The third-order valence-electron chi connectivity index (χ3n) is 3.57. The van der Waals surface area contributed by atoms with Gasteiger partial charge in [-0.05, 0) is 37.6 Å². The van der Waals surface area contributed by atoms with Crippen molar-refractivity contribution in [1.82, 2.24) is 4.90 Å². The Morgan fingerprint density at radius 3 is 2.40 bits per heavy atom. The Morgan fingerprint density at radius 1 is 1.25 bits per heavy atom. The van der Waals surface area contributed by atoms with Gasteiger partial charge in [0.25, 0.3) is 0 Å². The van der Waals surface area contributed by atoms with Gasteiger partial charge >= 0.3 is 12.1 Å². The summed E-state index contributed by atoms with van der Waals surface area (Å²) in [6.07, 6.45) is -2.99. The van der Waals surface area contributed by atoms with Crippen molar-refractivity contribution in [3.63, 3.8) is 0 Å². The number of rotatable bonds is 4. The van der Waals surface area contributed by atoms with Crippen LogP contribution in [0, 0.1) is 0 Å². The smallest absolute Gasteiger partial charge is 0.416 e. The maximum atomic E-state index is 13.1. The van der Waals surface area contributed by atoms with E-state index in [4.69, 9.17) is 5.11 Å². The fourth-order valence-corrected chi connectivity index (χ4v) is 2.70. The third kappa shape index (κ3) is 3.30. The molecule has 3 nitrogen and oxygen atoms in total. The summed E-state index contributed by atoms with van der Waals surface area (Å²) in [5, 5.41) is 8.99. The molecule has 0 amide bonds. The average molecular weight is 287 g/mol. The van der Waals surface area contributed by atoms with Crippen LogP contribution in [0.3, 0.4) is 0 Å². The van der Waals surface area contributed by atoms with E-state index in [-0.39, 0.29) is 12.0 Å². The molecule has 1 atom stereocenters. The first-order chi connectivity index (χ1) is 9.39. The van der Waals surface area contributed by atoms with Crippen molar-refractivity contribution < 1.29 is 23.1 Å². The first kappa shape index (κ1) is 14.8. The van der Waals surface area contributed by atoms with E-state index in [0.29, 0.717) is 13.1 Å². The quantitative estimate of drug-likeness (QED) is 0.923. The number of nitrogens with zero attached hydrogens (tertiary/aromatic N) is 1. The van der Waals surface area contributed by atoms with E-state index >= 15 is 0 Å². The number of hydrogen-bond acceptors (Lipinski definition) is 2. The molecule has 1 N–H and O–H groups in total. The van der Waals surface area contributed by atoms with E-state index < -0.39 is 23.8 Å². The number of hydrogen-bond donors (Lipinski definition) is 1. The van der Waals surface area contributed by atoms with Crippen LogP contribution in [-0.4, -0.2) is 29.1 Å². The maximum Gasteiger partial charge on any atom is 0.416 e. The summed E-state index contributed by atoms with van der Waals surface area (Å²) in [6.45, 7) is 1.29. The predicted octanol–water partition coefficient (Wildman–Crippen LogP) is 3.32. The zero-order valence-corrected chi connectivity index (χ0v) is 10.9. The van der Waals surface area contributed by atoms with Crippen LogP contribution in [0.1, 0.15) is 36.4 Å². The number of aliphatic carboxylic acids is 1. The Morgan fingerprint density at radius 2 is 1.85 bits per heavy atom. The number of carboxylic acid groups (broad SMARTS) is 1. The molecular weight excluding hydrogens is 271 g/mol. The summed E-state index contributed by atoms with van der Waals surface area (Å²) < 4.78 is 39.2. The summed E-state index contributed by atoms with van der Waals surface area (Å²) in [4.78, 5) is 12.8. The largest absolute Gasteiger partial charge is 0.481 e. The monoisotopic (exact) mass is 287 g/mol. The molecule has 0 spiro atoms. The van der Waals surface area contributed by atoms with Gasteiger partial charge in [0.15, 0.2) is 0 Å². The minimum atomic E-state index is -4.47. The first-order valence-corrected chi connectivity index (χ1v) is 6.51. The second-order valence-corrected chi connectivity index (χ2v) is 4.94. The van der Waals surface area contributed by atoms with E-state index in [0.717, 1.165) is 18.9 Å². The highest BCUT2D eigenvalue weighted by atomic mass is 19.4. The number of benzene rings is 1. The Bertz CT molecular complexity index is 482. The minimum absolute atomic E-state index is 0.0595. The highest BCUT2D eigenvalue weighted by molar-refractivity contribution is 5.68. The zero-order chi connectivity index (χ0) is 14.8. The van der Waals surface area contributed by atoms with Crippen molar-refractivity contribution in [2.45, 2.75) is 31.5 Å². The van der Waals surface area contributed by atoms with Crippen LogP contribution in [0.5, 0.6) is 0 Å². The second kappa shape index (κ2) is 5.83. The van der Waals surface area contributed by atoms with Crippen molar-refractivity contribution in [3.8, 4) is 0 Å². The van der Waals surface area contributed by atoms with Crippen LogP contribution in [0.2, 0.25) is 0 Å².